The molecule has 0 N–H and O–H groups in total. The summed E-state index contributed by atoms with van der Waals surface area (Å²) in [4.78, 5) is 13.3. The minimum Gasteiger partial charge on any atom is -0.378 e. The van der Waals surface area contributed by atoms with Crippen LogP contribution in [0.3, 0.4) is 0 Å². The normalized spacial score (nSPS) is 16.5. The molecule has 0 saturated carbocycles. The minimum absolute atomic E-state index is 0.405. The van der Waals surface area contributed by atoms with Gasteiger partial charge in [-0.25, -0.2) is 0 Å². The molecular formula is C11H12ClNO2. The Bertz CT molecular complexity index is 361. The molecule has 2 rings (SSSR count). The van der Waals surface area contributed by atoms with Gasteiger partial charge in [-0.05, 0) is 23.7 Å². The van der Waals surface area contributed by atoms with Gasteiger partial charge in [0, 0.05) is 18.8 Å². The van der Waals surface area contributed by atoms with Gasteiger partial charge in [0.2, 0.25) is 0 Å². The van der Waals surface area contributed by atoms with Crippen LogP contribution in [-0.4, -0.2) is 31.5 Å². The molecule has 1 aliphatic heterocycles. The van der Waals surface area contributed by atoms with E-state index in [2.05, 4.69) is 4.90 Å². The van der Waals surface area contributed by atoms with Crippen molar-refractivity contribution in [2.24, 2.45) is 0 Å². The number of morpholine rings is 1. The summed E-state index contributed by atoms with van der Waals surface area (Å²) in [5, 5.41) is -0.405. The van der Waals surface area contributed by atoms with Crippen LogP contribution < -0.4 is 4.90 Å². The fraction of sp³-hybridized carbons (Fsp3) is 0.364. The molecule has 0 atom stereocenters. The van der Waals surface area contributed by atoms with E-state index in [1.165, 1.54) is 0 Å². The Kier molecular flexibility index (Phi) is 3.23. The molecule has 0 bridgehead atoms. The first kappa shape index (κ1) is 10.5. The van der Waals surface area contributed by atoms with E-state index in [4.69, 9.17) is 16.3 Å². The van der Waals surface area contributed by atoms with Crippen LogP contribution in [0, 0.1) is 0 Å². The van der Waals surface area contributed by atoms with Gasteiger partial charge in [0.05, 0.1) is 18.8 Å². The minimum atomic E-state index is -0.405. The van der Waals surface area contributed by atoms with Crippen molar-refractivity contribution in [2.75, 3.05) is 31.2 Å². The van der Waals surface area contributed by atoms with Crippen molar-refractivity contribution >= 4 is 22.5 Å². The van der Waals surface area contributed by atoms with Crippen LogP contribution in [0.15, 0.2) is 24.3 Å². The van der Waals surface area contributed by atoms with Crippen LogP contribution in [0.4, 0.5) is 5.69 Å². The quantitative estimate of drug-likeness (QED) is 0.720. The SMILES string of the molecule is O=C(Cl)c1ccccc1N1CCOCC1. The Morgan fingerprint density at radius 2 is 1.93 bits per heavy atom. The van der Waals surface area contributed by atoms with Gasteiger partial charge >= 0.3 is 0 Å². The summed E-state index contributed by atoms with van der Waals surface area (Å²) in [7, 11) is 0. The molecular weight excluding hydrogens is 214 g/mol. The summed E-state index contributed by atoms with van der Waals surface area (Å²) in [5.74, 6) is 0. The van der Waals surface area contributed by atoms with E-state index >= 15 is 0 Å². The van der Waals surface area contributed by atoms with Crippen molar-refractivity contribution in [1.29, 1.82) is 0 Å². The monoisotopic (exact) mass is 225 g/mol. The molecule has 3 nitrogen and oxygen atoms in total. The molecule has 1 aromatic carbocycles. The van der Waals surface area contributed by atoms with Gasteiger partial charge in [-0.15, -0.1) is 0 Å². The molecule has 0 aromatic heterocycles. The van der Waals surface area contributed by atoms with Crippen molar-refractivity contribution < 1.29 is 9.53 Å². The first-order valence-electron chi connectivity index (χ1n) is 4.90. The molecule has 1 heterocycles. The lowest BCUT2D eigenvalue weighted by molar-refractivity contribution is 0.107. The van der Waals surface area contributed by atoms with Crippen LogP contribution in [0.25, 0.3) is 0 Å². The van der Waals surface area contributed by atoms with Crippen molar-refractivity contribution in [2.45, 2.75) is 0 Å². The number of carbonyl (C=O) groups is 1. The van der Waals surface area contributed by atoms with Crippen LogP contribution in [0.2, 0.25) is 0 Å². The Hall–Kier alpha value is -1.06. The highest BCUT2D eigenvalue weighted by molar-refractivity contribution is 6.68. The maximum atomic E-state index is 11.2. The van der Waals surface area contributed by atoms with Gasteiger partial charge < -0.3 is 9.64 Å². The van der Waals surface area contributed by atoms with Gasteiger partial charge in [-0.3, -0.25) is 4.79 Å². The van der Waals surface area contributed by atoms with E-state index in [-0.39, 0.29) is 0 Å². The second-order valence-electron chi connectivity index (χ2n) is 3.39. The highest BCUT2D eigenvalue weighted by Crippen LogP contribution is 2.22. The molecule has 0 amide bonds. The topological polar surface area (TPSA) is 29.5 Å². The fourth-order valence-electron chi connectivity index (χ4n) is 1.72. The van der Waals surface area contributed by atoms with Crippen molar-refractivity contribution in [3.05, 3.63) is 29.8 Å². The number of halogens is 1. The largest absolute Gasteiger partial charge is 0.378 e. The van der Waals surface area contributed by atoms with E-state index in [0.29, 0.717) is 18.8 Å². The van der Waals surface area contributed by atoms with E-state index in [0.717, 1.165) is 18.8 Å². The average molecular weight is 226 g/mol. The van der Waals surface area contributed by atoms with E-state index in [1.54, 1.807) is 6.07 Å². The van der Waals surface area contributed by atoms with E-state index in [9.17, 15) is 4.79 Å². The first-order chi connectivity index (χ1) is 7.29. The molecule has 1 aromatic rings. The molecule has 4 heteroatoms. The summed E-state index contributed by atoms with van der Waals surface area (Å²) in [6.07, 6.45) is 0. The molecule has 1 saturated heterocycles. The Morgan fingerprint density at radius 1 is 1.27 bits per heavy atom. The molecule has 0 aliphatic carbocycles. The second-order valence-corrected chi connectivity index (χ2v) is 3.73. The van der Waals surface area contributed by atoms with Crippen LogP contribution in [-0.2, 0) is 4.74 Å². The predicted molar refractivity (Wildman–Crippen MR) is 59.7 cm³/mol. The summed E-state index contributed by atoms with van der Waals surface area (Å²) in [5.41, 5.74) is 1.47. The molecule has 1 fully saturated rings. The number of para-hydroxylation sites is 1. The molecule has 0 spiro atoms. The number of anilines is 1. The number of benzene rings is 1. The van der Waals surface area contributed by atoms with Gasteiger partial charge in [-0.2, -0.15) is 0 Å². The number of nitrogens with zero attached hydrogens (tertiary/aromatic N) is 1. The molecule has 0 radical (unpaired) electrons. The third kappa shape index (κ3) is 2.30. The van der Waals surface area contributed by atoms with E-state index in [1.807, 2.05) is 18.2 Å². The highest BCUT2D eigenvalue weighted by atomic mass is 35.5. The van der Waals surface area contributed by atoms with Gasteiger partial charge in [0.25, 0.3) is 5.24 Å². The second kappa shape index (κ2) is 4.64. The molecule has 0 unspecified atom stereocenters. The third-order valence-electron chi connectivity index (χ3n) is 2.47. The lowest BCUT2D eigenvalue weighted by Crippen LogP contribution is -2.36. The van der Waals surface area contributed by atoms with Gasteiger partial charge in [-0.1, -0.05) is 12.1 Å². The number of rotatable bonds is 2. The third-order valence-corrected chi connectivity index (χ3v) is 2.67. The summed E-state index contributed by atoms with van der Waals surface area (Å²) in [6.45, 7) is 3.01. The predicted octanol–water partition coefficient (Wildman–Crippen LogP) is 1.90. The number of hydrogen-bond donors (Lipinski definition) is 0. The number of ether oxygens (including phenoxy) is 1. The Morgan fingerprint density at radius 3 is 2.60 bits per heavy atom. The van der Waals surface area contributed by atoms with Crippen molar-refractivity contribution in [3.8, 4) is 0 Å². The number of carbonyl (C=O) groups excluding carboxylic acids is 1. The molecule has 1 aliphatic rings. The molecule has 80 valence electrons. The van der Waals surface area contributed by atoms with Crippen LogP contribution in [0.5, 0.6) is 0 Å². The Balaban J connectivity index is 2.29. The average Bonchev–Trinajstić information content (AvgIpc) is 2.30. The lowest BCUT2D eigenvalue weighted by atomic mass is 10.1. The summed E-state index contributed by atoms with van der Waals surface area (Å²) in [6, 6.07) is 7.40. The van der Waals surface area contributed by atoms with Crippen LogP contribution in [0.1, 0.15) is 10.4 Å². The zero-order valence-electron chi connectivity index (χ0n) is 8.28. The highest BCUT2D eigenvalue weighted by Gasteiger charge is 2.16. The summed E-state index contributed by atoms with van der Waals surface area (Å²) < 4.78 is 5.26. The molecule has 15 heavy (non-hydrogen) atoms. The van der Waals surface area contributed by atoms with Crippen molar-refractivity contribution in [3.63, 3.8) is 0 Å². The van der Waals surface area contributed by atoms with Gasteiger partial charge in [0.1, 0.15) is 0 Å². The van der Waals surface area contributed by atoms with Crippen LogP contribution >= 0.6 is 11.6 Å². The number of hydrogen-bond acceptors (Lipinski definition) is 3. The van der Waals surface area contributed by atoms with Gasteiger partial charge in [0.15, 0.2) is 0 Å². The smallest absolute Gasteiger partial charge is 0.254 e. The zero-order chi connectivity index (χ0) is 10.7. The first-order valence-corrected chi connectivity index (χ1v) is 5.28. The lowest BCUT2D eigenvalue weighted by Gasteiger charge is -2.29. The summed E-state index contributed by atoms with van der Waals surface area (Å²) >= 11 is 5.53. The standard InChI is InChI=1S/C11H12ClNO2/c12-11(14)9-3-1-2-4-10(9)13-5-7-15-8-6-13/h1-4H,5-8H2. The maximum absolute atomic E-state index is 11.2. The fourth-order valence-corrected chi connectivity index (χ4v) is 1.88. The maximum Gasteiger partial charge on any atom is 0.254 e. The Labute approximate surface area is 93.6 Å². The van der Waals surface area contributed by atoms with Crippen molar-refractivity contribution in [1.82, 2.24) is 0 Å². The zero-order valence-corrected chi connectivity index (χ0v) is 9.04. The van der Waals surface area contributed by atoms with E-state index < -0.39 is 5.24 Å².